The van der Waals surface area contributed by atoms with Gasteiger partial charge in [-0.25, -0.2) is 8.42 Å². The summed E-state index contributed by atoms with van der Waals surface area (Å²) in [7, 11) is -1.22. The predicted octanol–water partition coefficient (Wildman–Crippen LogP) is 3.81. The molecule has 7 heteroatoms. The van der Waals surface area contributed by atoms with E-state index in [0.717, 1.165) is 13.0 Å². The van der Waals surface area contributed by atoms with E-state index in [4.69, 9.17) is 0 Å². The third kappa shape index (κ3) is 9.62. The topological polar surface area (TPSA) is 70.6 Å². The van der Waals surface area contributed by atoms with E-state index in [1.807, 2.05) is 19.1 Å². The quantitative estimate of drug-likeness (QED) is 0.295. The Morgan fingerprint density at radius 3 is 1.93 bits per heavy atom. The lowest BCUT2D eigenvalue weighted by Crippen LogP contribution is -2.43. The molecule has 0 aliphatic rings. The van der Waals surface area contributed by atoms with Crippen LogP contribution < -0.4 is 10.6 Å². The first-order valence-electron chi connectivity index (χ1n) is 9.64. The van der Waals surface area contributed by atoms with Crippen molar-refractivity contribution in [2.24, 2.45) is 4.99 Å². The van der Waals surface area contributed by atoms with Gasteiger partial charge in [0.15, 0.2) is 5.96 Å². The Bertz CT molecular complexity index is 803. The molecule has 2 N–H and O–H groups in total. The number of hydrogen-bond acceptors (Lipinski definition) is 3. The molecule has 0 saturated heterocycles. The third-order valence-electron chi connectivity index (χ3n) is 4.66. The van der Waals surface area contributed by atoms with Crippen molar-refractivity contribution >= 4 is 39.8 Å². The fraction of sp³-hybridized carbons (Fsp3) is 0.409. The van der Waals surface area contributed by atoms with Crippen LogP contribution in [0.3, 0.4) is 0 Å². The monoisotopic (exact) mass is 529 g/mol. The van der Waals surface area contributed by atoms with E-state index in [1.165, 1.54) is 17.4 Å². The number of guanidine groups is 1. The second-order valence-corrected chi connectivity index (χ2v) is 9.39. The van der Waals surface area contributed by atoms with Crippen LogP contribution in [0.1, 0.15) is 36.8 Å². The zero-order valence-corrected chi connectivity index (χ0v) is 20.5. The lowest BCUT2D eigenvalue weighted by atomic mass is 9.88. The number of nitrogens with one attached hydrogen (secondary N) is 2. The third-order valence-corrected chi connectivity index (χ3v) is 5.64. The molecule has 0 spiro atoms. The average molecular weight is 529 g/mol. The molecule has 0 aromatic heterocycles. The maximum Gasteiger partial charge on any atom is 0.191 e. The van der Waals surface area contributed by atoms with Crippen molar-refractivity contribution in [3.63, 3.8) is 0 Å². The summed E-state index contributed by atoms with van der Waals surface area (Å²) in [5.74, 6) is 1.17. The van der Waals surface area contributed by atoms with Crippen molar-refractivity contribution in [3.05, 3.63) is 71.8 Å². The molecule has 2 aromatic carbocycles. The van der Waals surface area contributed by atoms with E-state index in [1.54, 1.807) is 7.05 Å². The number of hydrogen-bond donors (Lipinski definition) is 2. The van der Waals surface area contributed by atoms with Crippen molar-refractivity contribution < 1.29 is 8.42 Å². The first-order valence-corrected chi connectivity index (χ1v) is 11.7. The fourth-order valence-corrected chi connectivity index (χ4v) is 3.90. The lowest BCUT2D eigenvalue weighted by molar-refractivity contribution is 0.579. The van der Waals surface area contributed by atoms with Crippen molar-refractivity contribution in [3.8, 4) is 0 Å². The Labute approximate surface area is 192 Å². The molecular formula is C22H32IN3O2S. The summed E-state index contributed by atoms with van der Waals surface area (Å²) >= 11 is 0. The highest BCUT2D eigenvalue weighted by Crippen LogP contribution is 2.27. The fourth-order valence-electron chi connectivity index (χ4n) is 3.12. The molecule has 5 nitrogen and oxygen atoms in total. The van der Waals surface area contributed by atoms with Crippen LogP contribution in [0, 0.1) is 0 Å². The molecule has 0 amide bonds. The first-order chi connectivity index (χ1) is 13.4. The molecule has 0 aliphatic carbocycles. The van der Waals surface area contributed by atoms with Gasteiger partial charge in [-0.3, -0.25) is 4.99 Å². The molecule has 0 saturated carbocycles. The van der Waals surface area contributed by atoms with Crippen LogP contribution in [0.4, 0.5) is 0 Å². The van der Waals surface area contributed by atoms with Gasteiger partial charge in [0.2, 0.25) is 0 Å². The highest BCUT2D eigenvalue weighted by atomic mass is 127. The van der Waals surface area contributed by atoms with Gasteiger partial charge in [0.05, 0.1) is 5.75 Å². The number of halogens is 1. The van der Waals surface area contributed by atoms with Gasteiger partial charge >= 0.3 is 0 Å². The SMILES string of the molecule is CN=C(NCCC(c1ccccc1)c1ccccc1)NC(C)CCS(C)(=O)=O.I. The maximum absolute atomic E-state index is 11.3. The molecule has 0 heterocycles. The van der Waals surface area contributed by atoms with Crippen LogP contribution in [0.5, 0.6) is 0 Å². The van der Waals surface area contributed by atoms with Crippen molar-refractivity contribution in [1.82, 2.24) is 10.6 Å². The largest absolute Gasteiger partial charge is 0.356 e. The van der Waals surface area contributed by atoms with Gasteiger partial charge < -0.3 is 10.6 Å². The minimum absolute atomic E-state index is 0. The van der Waals surface area contributed by atoms with Crippen LogP contribution in [0.15, 0.2) is 65.7 Å². The standard InChI is InChI=1S/C22H31N3O2S.HI/c1-18(15-17-28(3,26)27)25-22(23-2)24-16-14-21(19-10-6-4-7-11-19)20-12-8-5-9-13-20;/h4-13,18,21H,14-17H2,1-3H3,(H2,23,24,25);1H. The van der Waals surface area contributed by atoms with E-state index in [0.29, 0.717) is 18.3 Å². The zero-order chi connectivity index (χ0) is 20.4. The minimum atomic E-state index is -2.95. The van der Waals surface area contributed by atoms with Crippen molar-refractivity contribution in [2.75, 3.05) is 25.6 Å². The summed E-state index contributed by atoms with van der Waals surface area (Å²) in [6.07, 6.45) is 2.74. The summed E-state index contributed by atoms with van der Waals surface area (Å²) in [6.45, 7) is 2.72. The zero-order valence-electron chi connectivity index (χ0n) is 17.3. The summed E-state index contributed by atoms with van der Waals surface area (Å²) in [4.78, 5) is 4.26. The summed E-state index contributed by atoms with van der Waals surface area (Å²) < 4.78 is 22.7. The number of sulfone groups is 1. The van der Waals surface area contributed by atoms with Gasteiger partial charge in [-0.1, -0.05) is 60.7 Å². The summed E-state index contributed by atoms with van der Waals surface area (Å²) in [5, 5.41) is 6.62. The Kier molecular flexibility index (Phi) is 11.3. The molecule has 160 valence electrons. The first kappa shape index (κ1) is 25.4. The smallest absolute Gasteiger partial charge is 0.191 e. The number of rotatable bonds is 9. The number of benzene rings is 2. The summed E-state index contributed by atoms with van der Waals surface area (Å²) in [5.41, 5.74) is 2.58. The Balaban J connectivity index is 0.00000420. The maximum atomic E-state index is 11.3. The Morgan fingerprint density at radius 1 is 0.966 bits per heavy atom. The van der Waals surface area contributed by atoms with Crippen LogP contribution in [-0.2, 0) is 9.84 Å². The van der Waals surface area contributed by atoms with Gasteiger partial charge in [-0.15, -0.1) is 24.0 Å². The van der Waals surface area contributed by atoms with Gasteiger partial charge in [0.1, 0.15) is 9.84 Å². The highest BCUT2D eigenvalue weighted by Gasteiger charge is 2.14. The van der Waals surface area contributed by atoms with E-state index >= 15 is 0 Å². The van der Waals surface area contributed by atoms with Crippen LogP contribution in [-0.4, -0.2) is 46.0 Å². The lowest BCUT2D eigenvalue weighted by Gasteiger charge is -2.21. The molecule has 0 radical (unpaired) electrons. The van der Waals surface area contributed by atoms with E-state index in [2.05, 4.69) is 64.2 Å². The molecule has 0 aliphatic heterocycles. The second kappa shape index (κ2) is 12.8. The predicted molar refractivity (Wildman–Crippen MR) is 133 cm³/mol. The molecule has 1 unspecified atom stereocenters. The number of aliphatic imine (C=N–C) groups is 1. The van der Waals surface area contributed by atoms with E-state index in [9.17, 15) is 8.42 Å². The molecule has 1 atom stereocenters. The second-order valence-electron chi connectivity index (χ2n) is 7.13. The Morgan fingerprint density at radius 2 is 1.48 bits per heavy atom. The molecule has 2 rings (SSSR count). The molecule has 0 bridgehead atoms. The normalized spacial score (nSPS) is 12.9. The van der Waals surface area contributed by atoms with Gasteiger partial charge in [0.25, 0.3) is 0 Å². The average Bonchev–Trinajstić information content (AvgIpc) is 2.69. The number of nitrogens with zero attached hydrogens (tertiary/aromatic N) is 1. The highest BCUT2D eigenvalue weighted by molar-refractivity contribution is 14.0. The molecule has 29 heavy (non-hydrogen) atoms. The van der Waals surface area contributed by atoms with Gasteiger partial charge in [0, 0.05) is 31.8 Å². The molecule has 2 aromatic rings. The van der Waals surface area contributed by atoms with Crippen molar-refractivity contribution in [2.45, 2.75) is 31.7 Å². The van der Waals surface area contributed by atoms with Crippen LogP contribution >= 0.6 is 24.0 Å². The van der Waals surface area contributed by atoms with Gasteiger partial charge in [-0.2, -0.15) is 0 Å². The summed E-state index contributed by atoms with van der Waals surface area (Å²) in [6, 6.07) is 21.0. The van der Waals surface area contributed by atoms with Crippen LogP contribution in [0.25, 0.3) is 0 Å². The van der Waals surface area contributed by atoms with E-state index < -0.39 is 9.84 Å². The van der Waals surface area contributed by atoms with E-state index in [-0.39, 0.29) is 35.8 Å². The minimum Gasteiger partial charge on any atom is -0.356 e. The van der Waals surface area contributed by atoms with Gasteiger partial charge in [-0.05, 0) is 30.9 Å². The Hall–Kier alpha value is -1.61. The molecule has 0 fully saturated rings. The van der Waals surface area contributed by atoms with Crippen LogP contribution in [0.2, 0.25) is 0 Å². The van der Waals surface area contributed by atoms with Crippen molar-refractivity contribution in [1.29, 1.82) is 0 Å². The molecular weight excluding hydrogens is 497 g/mol.